The lowest BCUT2D eigenvalue weighted by Crippen LogP contribution is -2.32. The highest BCUT2D eigenvalue weighted by atomic mass is 16.5. The highest BCUT2D eigenvalue weighted by Crippen LogP contribution is 2.27. The molecule has 8 heteroatoms. The molecule has 0 fully saturated rings. The van der Waals surface area contributed by atoms with E-state index in [-0.39, 0.29) is 12.4 Å². The van der Waals surface area contributed by atoms with Crippen molar-refractivity contribution in [1.29, 1.82) is 0 Å². The van der Waals surface area contributed by atoms with Gasteiger partial charge in [-0.05, 0) is 61.9 Å². The summed E-state index contributed by atoms with van der Waals surface area (Å²) in [7, 11) is 3.23. The molecule has 1 atom stereocenters. The molecule has 3 N–H and O–H groups in total. The SMILES string of the molecule is COc1ccc(CCNC[C@H](O)COc2ccc(-c3nc(C)c(C(C)=O)[nH]3)cc2)cc1OC. The molecule has 0 bridgehead atoms. The summed E-state index contributed by atoms with van der Waals surface area (Å²) in [4.78, 5) is 19.1. The van der Waals surface area contributed by atoms with Crippen molar-refractivity contribution in [3.63, 3.8) is 0 Å². The largest absolute Gasteiger partial charge is 0.493 e. The molecule has 8 nitrogen and oxygen atoms in total. The molecule has 0 spiro atoms. The Balaban J connectivity index is 1.41. The summed E-state index contributed by atoms with van der Waals surface area (Å²) in [5.41, 5.74) is 3.18. The molecule has 2 aromatic carbocycles. The van der Waals surface area contributed by atoms with Crippen LogP contribution in [0.5, 0.6) is 17.2 Å². The van der Waals surface area contributed by atoms with Crippen LogP contribution in [0.15, 0.2) is 42.5 Å². The maximum atomic E-state index is 11.6. The Morgan fingerprint density at radius 3 is 2.48 bits per heavy atom. The minimum absolute atomic E-state index is 0.0440. The second kappa shape index (κ2) is 11.5. The summed E-state index contributed by atoms with van der Waals surface area (Å²) in [6.45, 7) is 4.63. The molecule has 1 heterocycles. The van der Waals surface area contributed by atoms with Crippen LogP contribution in [0.1, 0.15) is 28.7 Å². The van der Waals surface area contributed by atoms with Crippen LogP contribution in [0.3, 0.4) is 0 Å². The first-order valence-corrected chi connectivity index (χ1v) is 10.8. The number of aryl methyl sites for hydroxylation is 1. The van der Waals surface area contributed by atoms with Gasteiger partial charge in [0.15, 0.2) is 17.3 Å². The van der Waals surface area contributed by atoms with E-state index in [4.69, 9.17) is 14.2 Å². The predicted molar refractivity (Wildman–Crippen MR) is 126 cm³/mol. The fraction of sp³-hybridized carbons (Fsp3) is 0.360. The number of hydrogen-bond acceptors (Lipinski definition) is 7. The molecule has 1 aromatic heterocycles. The second-order valence-electron chi connectivity index (χ2n) is 7.73. The number of aromatic nitrogens is 2. The van der Waals surface area contributed by atoms with E-state index < -0.39 is 6.10 Å². The summed E-state index contributed by atoms with van der Waals surface area (Å²) in [6.07, 6.45) is 0.161. The number of nitrogens with one attached hydrogen (secondary N) is 2. The first-order chi connectivity index (χ1) is 15.9. The number of benzene rings is 2. The van der Waals surface area contributed by atoms with E-state index in [1.54, 1.807) is 21.1 Å². The van der Waals surface area contributed by atoms with Crippen LogP contribution in [-0.4, -0.2) is 60.9 Å². The van der Waals surface area contributed by atoms with Gasteiger partial charge in [0.2, 0.25) is 0 Å². The number of aliphatic hydroxyl groups excluding tert-OH is 1. The Morgan fingerprint density at radius 2 is 1.85 bits per heavy atom. The van der Waals surface area contributed by atoms with Crippen LogP contribution in [0.2, 0.25) is 0 Å². The van der Waals surface area contributed by atoms with Crippen LogP contribution in [-0.2, 0) is 6.42 Å². The lowest BCUT2D eigenvalue weighted by Gasteiger charge is -2.14. The van der Waals surface area contributed by atoms with Crippen molar-refractivity contribution in [2.75, 3.05) is 33.9 Å². The van der Waals surface area contributed by atoms with Gasteiger partial charge in [-0.25, -0.2) is 4.98 Å². The fourth-order valence-electron chi connectivity index (χ4n) is 3.44. The first kappa shape index (κ1) is 24.3. The molecule has 176 valence electrons. The minimum Gasteiger partial charge on any atom is -0.493 e. The summed E-state index contributed by atoms with van der Waals surface area (Å²) in [5, 5.41) is 13.4. The lowest BCUT2D eigenvalue weighted by atomic mass is 10.1. The predicted octanol–water partition coefficient (Wildman–Crippen LogP) is 3.18. The zero-order valence-electron chi connectivity index (χ0n) is 19.5. The van der Waals surface area contributed by atoms with Crippen LogP contribution in [0.4, 0.5) is 0 Å². The number of H-pyrrole nitrogens is 1. The Morgan fingerprint density at radius 1 is 1.12 bits per heavy atom. The number of rotatable bonds is 12. The fourth-order valence-corrected chi connectivity index (χ4v) is 3.44. The Kier molecular flexibility index (Phi) is 8.46. The molecule has 0 saturated heterocycles. The zero-order valence-corrected chi connectivity index (χ0v) is 19.5. The maximum absolute atomic E-state index is 11.6. The molecule has 3 aromatic rings. The molecule has 3 rings (SSSR count). The maximum Gasteiger partial charge on any atom is 0.177 e. The van der Waals surface area contributed by atoms with Crippen molar-refractivity contribution in [1.82, 2.24) is 15.3 Å². The van der Waals surface area contributed by atoms with E-state index in [0.29, 0.717) is 47.6 Å². The molecule has 0 aliphatic carbocycles. The summed E-state index contributed by atoms with van der Waals surface area (Å²) in [6, 6.07) is 13.2. The quantitative estimate of drug-likeness (QED) is 0.286. The van der Waals surface area contributed by atoms with Crippen LogP contribution >= 0.6 is 0 Å². The molecule has 0 amide bonds. The van der Waals surface area contributed by atoms with Gasteiger partial charge in [0, 0.05) is 19.0 Å². The molecular weight excluding hydrogens is 422 g/mol. The highest BCUT2D eigenvalue weighted by molar-refractivity contribution is 5.93. The lowest BCUT2D eigenvalue weighted by molar-refractivity contribution is 0.101. The molecule has 33 heavy (non-hydrogen) atoms. The van der Waals surface area contributed by atoms with Crippen molar-refractivity contribution in [2.45, 2.75) is 26.4 Å². The Labute approximate surface area is 193 Å². The van der Waals surface area contributed by atoms with Gasteiger partial charge in [-0.3, -0.25) is 4.79 Å². The zero-order chi connectivity index (χ0) is 23.8. The normalized spacial score (nSPS) is 11.8. The first-order valence-electron chi connectivity index (χ1n) is 10.8. The highest BCUT2D eigenvalue weighted by Gasteiger charge is 2.12. The number of carbonyl (C=O) groups is 1. The molecule has 0 unspecified atom stereocenters. The van der Waals surface area contributed by atoms with Crippen molar-refractivity contribution >= 4 is 5.78 Å². The third-order valence-corrected chi connectivity index (χ3v) is 5.23. The number of ketones is 1. The van der Waals surface area contributed by atoms with E-state index in [2.05, 4.69) is 15.3 Å². The third kappa shape index (κ3) is 6.57. The number of carbonyl (C=O) groups excluding carboxylic acids is 1. The molecule has 0 saturated carbocycles. The molecule has 0 radical (unpaired) electrons. The minimum atomic E-state index is -0.638. The van der Waals surface area contributed by atoms with E-state index in [0.717, 1.165) is 17.5 Å². The van der Waals surface area contributed by atoms with Gasteiger partial charge in [-0.1, -0.05) is 6.07 Å². The van der Waals surface area contributed by atoms with Gasteiger partial charge >= 0.3 is 0 Å². The second-order valence-corrected chi connectivity index (χ2v) is 7.73. The smallest absolute Gasteiger partial charge is 0.177 e. The summed E-state index contributed by atoms with van der Waals surface area (Å²) in [5.74, 6) is 2.66. The average Bonchev–Trinajstić information content (AvgIpc) is 3.22. The van der Waals surface area contributed by atoms with Crippen molar-refractivity contribution in [3.8, 4) is 28.6 Å². The van der Waals surface area contributed by atoms with E-state index in [1.807, 2.05) is 42.5 Å². The Hall–Kier alpha value is -3.36. The topological polar surface area (TPSA) is 106 Å². The number of aliphatic hydroxyl groups is 1. The van der Waals surface area contributed by atoms with Crippen molar-refractivity contribution in [2.24, 2.45) is 0 Å². The van der Waals surface area contributed by atoms with Crippen molar-refractivity contribution < 1.29 is 24.1 Å². The number of aromatic amines is 1. The van der Waals surface area contributed by atoms with Crippen molar-refractivity contribution in [3.05, 3.63) is 59.4 Å². The van der Waals surface area contributed by atoms with Gasteiger partial charge in [-0.2, -0.15) is 0 Å². The standard InChI is InChI=1S/C25H31N3O5/c1-16-24(17(2)29)28-25(27-16)19-6-8-21(9-7-19)33-15-20(30)14-26-12-11-18-5-10-22(31-3)23(13-18)32-4/h5-10,13,20,26,30H,11-12,14-15H2,1-4H3,(H,27,28)/t20-/m0/s1. The third-order valence-electron chi connectivity index (χ3n) is 5.23. The molecule has 0 aliphatic rings. The molecule has 0 aliphatic heterocycles. The van der Waals surface area contributed by atoms with E-state index in [1.165, 1.54) is 6.92 Å². The van der Waals surface area contributed by atoms with Gasteiger partial charge in [0.25, 0.3) is 0 Å². The number of nitrogens with zero attached hydrogens (tertiary/aromatic N) is 1. The monoisotopic (exact) mass is 453 g/mol. The van der Waals surface area contributed by atoms with Gasteiger partial charge in [-0.15, -0.1) is 0 Å². The number of hydrogen-bond donors (Lipinski definition) is 3. The van der Waals surface area contributed by atoms with E-state index in [9.17, 15) is 9.90 Å². The number of ether oxygens (including phenoxy) is 3. The summed E-state index contributed by atoms with van der Waals surface area (Å²) >= 11 is 0. The van der Waals surface area contributed by atoms with Crippen LogP contribution in [0, 0.1) is 6.92 Å². The number of imidazole rings is 1. The van der Waals surface area contributed by atoms with Gasteiger partial charge in [0.1, 0.15) is 30.0 Å². The molecular formula is C25H31N3O5. The Bertz CT molecular complexity index is 1060. The average molecular weight is 454 g/mol. The number of methoxy groups -OCH3 is 2. The summed E-state index contributed by atoms with van der Waals surface area (Å²) < 4.78 is 16.3. The van der Waals surface area contributed by atoms with Gasteiger partial charge in [0.05, 0.1) is 19.9 Å². The van der Waals surface area contributed by atoms with E-state index >= 15 is 0 Å². The van der Waals surface area contributed by atoms with Crippen LogP contribution < -0.4 is 19.5 Å². The van der Waals surface area contributed by atoms with Gasteiger partial charge < -0.3 is 29.6 Å². The number of Topliss-reactive ketones (excluding diaryl/α,β-unsaturated/α-hetero) is 1. The van der Waals surface area contributed by atoms with Crippen LogP contribution in [0.25, 0.3) is 11.4 Å².